The van der Waals surface area contributed by atoms with E-state index in [0.717, 1.165) is 29.2 Å². The number of benzene rings is 1. The lowest BCUT2D eigenvalue weighted by Gasteiger charge is -2.29. The average Bonchev–Trinajstić information content (AvgIpc) is 3.09. The Morgan fingerprint density at radius 1 is 1.29 bits per heavy atom. The van der Waals surface area contributed by atoms with Gasteiger partial charge in [-0.05, 0) is 52.3 Å². The lowest BCUT2D eigenvalue weighted by atomic mass is 9.96. The van der Waals surface area contributed by atoms with Gasteiger partial charge in [0.05, 0.1) is 12.2 Å². The molecule has 3 N–H and O–H groups in total. The number of aliphatic hydroxyl groups is 1. The van der Waals surface area contributed by atoms with Gasteiger partial charge < -0.3 is 29.8 Å². The van der Waals surface area contributed by atoms with Gasteiger partial charge in [-0.25, -0.2) is 4.99 Å². The van der Waals surface area contributed by atoms with Crippen LogP contribution in [-0.4, -0.2) is 49.8 Å². The number of hydrogen-bond acceptors (Lipinski definition) is 5. The van der Waals surface area contributed by atoms with E-state index < -0.39 is 5.60 Å². The van der Waals surface area contributed by atoms with E-state index in [1.165, 1.54) is 0 Å². The fourth-order valence-electron chi connectivity index (χ4n) is 3.67. The maximum absolute atomic E-state index is 12.3. The zero-order valence-electron chi connectivity index (χ0n) is 18.7. The van der Waals surface area contributed by atoms with E-state index in [0.29, 0.717) is 31.4 Å². The van der Waals surface area contributed by atoms with E-state index in [4.69, 9.17) is 9.15 Å². The number of guanidine groups is 1. The van der Waals surface area contributed by atoms with Crippen LogP contribution in [0.3, 0.4) is 0 Å². The monoisotopic (exact) mass is 428 g/mol. The van der Waals surface area contributed by atoms with Gasteiger partial charge >= 0.3 is 0 Å². The molecule has 1 aliphatic heterocycles. The average molecular weight is 429 g/mol. The van der Waals surface area contributed by atoms with Crippen molar-refractivity contribution in [3.05, 3.63) is 47.4 Å². The summed E-state index contributed by atoms with van der Waals surface area (Å²) >= 11 is 0. The minimum absolute atomic E-state index is 0.0407. The van der Waals surface area contributed by atoms with Crippen molar-refractivity contribution in [2.45, 2.75) is 39.7 Å². The van der Waals surface area contributed by atoms with E-state index >= 15 is 0 Å². The summed E-state index contributed by atoms with van der Waals surface area (Å²) in [6, 6.07) is 9.42. The van der Waals surface area contributed by atoms with Gasteiger partial charge in [0.15, 0.2) is 12.6 Å². The Hall–Kier alpha value is -3.00. The van der Waals surface area contributed by atoms with Crippen molar-refractivity contribution in [3.8, 4) is 5.75 Å². The fourth-order valence-corrected chi connectivity index (χ4v) is 3.67. The van der Waals surface area contributed by atoms with Crippen LogP contribution in [-0.2, 0) is 10.4 Å². The zero-order valence-corrected chi connectivity index (χ0v) is 18.7. The Bertz CT molecular complexity index is 935. The molecule has 8 nitrogen and oxygen atoms in total. The number of furan rings is 1. The third kappa shape index (κ3) is 5.58. The van der Waals surface area contributed by atoms with Crippen molar-refractivity contribution in [3.63, 3.8) is 0 Å². The second-order valence-electron chi connectivity index (χ2n) is 7.88. The number of anilines is 1. The van der Waals surface area contributed by atoms with Crippen LogP contribution in [0.2, 0.25) is 0 Å². The summed E-state index contributed by atoms with van der Waals surface area (Å²) in [7, 11) is 0. The van der Waals surface area contributed by atoms with Gasteiger partial charge in [-0.15, -0.1) is 0 Å². The first-order valence-corrected chi connectivity index (χ1v) is 10.7. The van der Waals surface area contributed by atoms with Crippen LogP contribution >= 0.6 is 0 Å². The SMILES string of the molecule is CCNC(=NCC(C)(O)c1cc(C)oc1C)NCCCN1C(=O)COc2ccccc21. The van der Waals surface area contributed by atoms with E-state index in [1.807, 2.05) is 51.1 Å². The number of carbonyl (C=O) groups is 1. The first-order valence-electron chi connectivity index (χ1n) is 10.7. The minimum Gasteiger partial charge on any atom is -0.482 e. The third-order valence-corrected chi connectivity index (χ3v) is 5.17. The van der Waals surface area contributed by atoms with Crippen LogP contribution < -0.4 is 20.3 Å². The predicted octanol–water partition coefficient (Wildman–Crippen LogP) is 2.47. The first kappa shape index (κ1) is 22.7. The smallest absolute Gasteiger partial charge is 0.265 e. The van der Waals surface area contributed by atoms with Crippen LogP contribution in [0.15, 0.2) is 39.7 Å². The number of rotatable bonds is 8. The maximum Gasteiger partial charge on any atom is 0.265 e. The molecule has 2 aromatic rings. The molecule has 1 aliphatic rings. The third-order valence-electron chi connectivity index (χ3n) is 5.17. The summed E-state index contributed by atoms with van der Waals surface area (Å²) in [6.07, 6.45) is 0.737. The fraction of sp³-hybridized carbons (Fsp3) is 0.478. The largest absolute Gasteiger partial charge is 0.482 e. The van der Waals surface area contributed by atoms with Crippen LogP contribution in [0.25, 0.3) is 0 Å². The second-order valence-corrected chi connectivity index (χ2v) is 7.88. The topological polar surface area (TPSA) is 99.3 Å². The van der Waals surface area contributed by atoms with Gasteiger partial charge in [-0.2, -0.15) is 0 Å². The molecule has 0 spiro atoms. The van der Waals surface area contributed by atoms with Crippen LogP contribution in [0.5, 0.6) is 5.75 Å². The Morgan fingerprint density at radius 2 is 2.06 bits per heavy atom. The summed E-state index contributed by atoms with van der Waals surface area (Å²) in [5.74, 6) is 2.78. The molecule has 8 heteroatoms. The van der Waals surface area contributed by atoms with Gasteiger partial charge in [0, 0.05) is 25.2 Å². The molecule has 1 aromatic carbocycles. The van der Waals surface area contributed by atoms with Crippen molar-refractivity contribution in [1.82, 2.24) is 10.6 Å². The highest BCUT2D eigenvalue weighted by Gasteiger charge is 2.28. The van der Waals surface area contributed by atoms with E-state index in [2.05, 4.69) is 15.6 Å². The molecule has 0 saturated carbocycles. The molecular weight excluding hydrogens is 396 g/mol. The van der Waals surface area contributed by atoms with Crippen LogP contribution in [0.1, 0.15) is 37.4 Å². The highest BCUT2D eigenvalue weighted by atomic mass is 16.5. The van der Waals surface area contributed by atoms with Crippen molar-refractivity contribution in [2.75, 3.05) is 37.7 Å². The molecule has 3 rings (SSSR count). The molecular formula is C23H32N4O4. The van der Waals surface area contributed by atoms with Crippen molar-refractivity contribution >= 4 is 17.6 Å². The molecule has 1 atom stereocenters. The number of aryl methyl sites for hydroxylation is 2. The number of fused-ring (bicyclic) bond motifs is 1. The molecule has 1 amide bonds. The van der Waals surface area contributed by atoms with E-state index in [1.54, 1.807) is 11.8 Å². The lowest BCUT2D eigenvalue weighted by molar-refractivity contribution is -0.121. The molecule has 0 aliphatic carbocycles. The number of ether oxygens (including phenoxy) is 1. The molecule has 1 aromatic heterocycles. The molecule has 1 unspecified atom stereocenters. The number of nitrogens with one attached hydrogen (secondary N) is 2. The van der Waals surface area contributed by atoms with Gasteiger partial charge in [0.1, 0.15) is 22.9 Å². The molecule has 168 valence electrons. The van der Waals surface area contributed by atoms with E-state index in [9.17, 15) is 9.90 Å². The predicted molar refractivity (Wildman–Crippen MR) is 121 cm³/mol. The summed E-state index contributed by atoms with van der Waals surface area (Å²) in [4.78, 5) is 18.6. The van der Waals surface area contributed by atoms with Gasteiger partial charge in [-0.3, -0.25) is 4.79 Å². The molecule has 0 radical (unpaired) electrons. The van der Waals surface area contributed by atoms with Gasteiger partial charge in [0.25, 0.3) is 5.91 Å². The molecule has 0 fully saturated rings. The molecule has 0 bridgehead atoms. The van der Waals surface area contributed by atoms with Crippen LogP contribution in [0, 0.1) is 13.8 Å². The van der Waals surface area contributed by atoms with Gasteiger partial charge in [-0.1, -0.05) is 12.1 Å². The number of aliphatic imine (C=N–C) groups is 1. The number of carbonyl (C=O) groups excluding carboxylic acids is 1. The molecule has 0 saturated heterocycles. The minimum atomic E-state index is -1.13. The Labute approximate surface area is 183 Å². The zero-order chi connectivity index (χ0) is 22.4. The normalized spacial score (nSPS) is 15.8. The number of para-hydroxylation sites is 2. The number of nitrogens with zero attached hydrogens (tertiary/aromatic N) is 2. The van der Waals surface area contributed by atoms with Gasteiger partial charge in [0.2, 0.25) is 0 Å². The summed E-state index contributed by atoms with van der Waals surface area (Å²) in [5, 5.41) is 17.4. The van der Waals surface area contributed by atoms with Crippen LogP contribution in [0.4, 0.5) is 5.69 Å². The maximum atomic E-state index is 12.3. The van der Waals surface area contributed by atoms with Crippen molar-refractivity contribution in [2.24, 2.45) is 4.99 Å². The first-order chi connectivity index (χ1) is 14.8. The standard InChI is InChI=1S/C23H32N4O4/c1-5-24-22(26-15-23(4,29)18-13-16(2)31-17(18)3)25-11-8-12-27-19-9-6-7-10-20(19)30-14-21(27)28/h6-7,9-10,13,29H,5,8,11-12,14-15H2,1-4H3,(H2,24,25,26). The Balaban J connectivity index is 1.56. The Morgan fingerprint density at radius 3 is 2.77 bits per heavy atom. The molecule has 31 heavy (non-hydrogen) atoms. The van der Waals surface area contributed by atoms with E-state index in [-0.39, 0.29) is 19.1 Å². The highest BCUT2D eigenvalue weighted by molar-refractivity contribution is 5.97. The highest BCUT2D eigenvalue weighted by Crippen LogP contribution is 2.31. The molecule has 2 heterocycles. The van der Waals surface area contributed by atoms with Crippen molar-refractivity contribution in [1.29, 1.82) is 0 Å². The summed E-state index contributed by atoms with van der Waals surface area (Å²) < 4.78 is 11.0. The lowest BCUT2D eigenvalue weighted by Crippen LogP contribution is -2.42. The Kier molecular flexibility index (Phi) is 7.22. The second kappa shape index (κ2) is 9.87. The van der Waals surface area contributed by atoms with Crippen molar-refractivity contribution < 1.29 is 19.1 Å². The summed E-state index contributed by atoms with van der Waals surface area (Å²) in [6.45, 7) is 9.60. The number of hydrogen-bond donors (Lipinski definition) is 3. The summed E-state index contributed by atoms with van der Waals surface area (Å²) in [5.41, 5.74) is 0.420. The number of amides is 1. The quantitative estimate of drug-likeness (QED) is 0.339.